The minimum Gasteiger partial charge on any atom is -0.0648 e. The molecule has 0 aromatic heterocycles. The highest BCUT2D eigenvalue weighted by molar-refractivity contribution is 7.79. The van der Waals surface area contributed by atoms with Crippen LogP contribution in [0.3, 0.4) is 0 Å². The molecule has 0 bridgehead atoms. The van der Waals surface area contributed by atoms with Crippen molar-refractivity contribution in [2.24, 2.45) is 0 Å². The van der Waals surface area contributed by atoms with Gasteiger partial charge < -0.3 is 0 Å². The van der Waals surface area contributed by atoms with Gasteiger partial charge in [-0.05, 0) is 66.7 Å². The molecule has 0 spiro atoms. The Kier molecular flexibility index (Phi) is 5.71. The molecule has 0 amide bonds. The lowest BCUT2D eigenvalue weighted by Gasteiger charge is -2.23. The van der Waals surface area contributed by atoms with Gasteiger partial charge in [0.15, 0.2) is 0 Å². The molecule has 1 atom stereocenters. The van der Waals surface area contributed by atoms with E-state index >= 15 is 0 Å². The van der Waals surface area contributed by atoms with Crippen molar-refractivity contribution in [3.63, 3.8) is 0 Å². The van der Waals surface area contributed by atoms with E-state index in [1.807, 2.05) is 0 Å². The molecule has 0 aliphatic carbocycles. The number of benzene rings is 3. The van der Waals surface area contributed by atoms with Crippen LogP contribution < -0.4 is 15.9 Å². The van der Waals surface area contributed by atoms with E-state index in [1.165, 1.54) is 39.0 Å². The van der Waals surface area contributed by atoms with Crippen LogP contribution >= 0.6 is 7.92 Å². The maximum Gasteiger partial charge on any atom is -0.0134 e. The van der Waals surface area contributed by atoms with Crippen molar-refractivity contribution in [1.82, 2.24) is 0 Å². The third-order valence-corrected chi connectivity index (χ3v) is 7.37. The van der Waals surface area contributed by atoms with Gasteiger partial charge in [-0.15, -0.1) is 0 Å². The topological polar surface area (TPSA) is 0 Å². The van der Waals surface area contributed by atoms with Gasteiger partial charge in [-0.3, -0.25) is 0 Å². The first-order valence-corrected chi connectivity index (χ1v) is 10.5. The SMILES string of the molecule is CCC(C)c1c(C)cc(P(c2ccccc2)c2ccccc2)cc1C. The number of hydrogen-bond acceptors (Lipinski definition) is 0. The van der Waals surface area contributed by atoms with Crippen molar-refractivity contribution in [3.8, 4) is 0 Å². The van der Waals surface area contributed by atoms with Crippen LogP contribution in [0.1, 0.15) is 42.9 Å². The van der Waals surface area contributed by atoms with Crippen LogP contribution in [-0.2, 0) is 0 Å². The molecule has 0 heterocycles. The standard InChI is InChI=1S/C24H27P/c1-5-18(2)24-19(3)16-23(17-20(24)4)25(21-12-8-6-9-13-21)22-14-10-7-11-15-22/h6-18H,5H2,1-4H3. The summed E-state index contributed by atoms with van der Waals surface area (Å²) in [6, 6.07) is 26.8. The number of rotatable bonds is 5. The Balaban J connectivity index is 2.15. The predicted octanol–water partition coefficient (Wildman–Crippen LogP) is 5.58. The summed E-state index contributed by atoms with van der Waals surface area (Å²) in [5, 5.41) is 4.28. The Bertz CT molecular complexity index is 759. The molecule has 0 aliphatic rings. The number of aryl methyl sites for hydroxylation is 2. The first-order valence-electron chi connectivity index (χ1n) is 9.13. The number of hydrogen-bond donors (Lipinski definition) is 0. The first-order chi connectivity index (χ1) is 12.1. The Hall–Kier alpha value is -1.91. The fraction of sp³-hybridized carbons (Fsp3) is 0.250. The third-order valence-electron chi connectivity index (χ3n) is 4.97. The second-order valence-electron chi connectivity index (χ2n) is 6.81. The van der Waals surface area contributed by atoms with Gasteiger partial charge in [0.05, 0.1) is 0 Å². The summed E-state index contributed by atoms with van der Waals surface area (Å²) in [5.74, 6) is 0.619. The van der Waals surface area contributed by atoms with Gasteiger partial charge in [-0.2, -0.15) is 0 Å². The molecule has 128 valence electrons. The van der Waals surface area contributed by atoms with Crippen LogP contribution in [0.2, 0.25) is 0 Å². The van der Waals surface area contributed by atoms with Crippen LogP contribution in [0, 0.1) is 13.8 Å². The second kappa shape index (κ2) is 7.98. The van der Waals surface area contributed by atoms with Crippen LogP contribution in [0.25, 0.3) is 0 Å². The summed E-state index contributed by atoms with van der Waals surface area (Å²) in [6.07, 6.45) is 1.19. The molecule has 1 heteroatoms. The molecule has 3 aromatic carbocycles. The zero-order valence-electron chi connectivity index (χ0n) is 15.7. The predicted molar refractivity (Wildman–Crippen MR) is 113 cm³/mol. The van der Waals surface area contributed by atoms with Crippen molar-refractivity contribution >= 4 is 23.8 Å². The Morgan fingerprint density at radius 3 is 1.56 bits per heavy atom. The van der Waals surface area contributed by atoms with Crippen molar-refractivity contribution in [2.75, 3.05) is 0 Å². The van der Waals surface area contributed by atoms with E-state index in [4.69, 9.17) is 0 Å². The summed E-state index contributed by atoms with van der Waals surface area (Å²) in [4.78, 5) is 0. The van der Waals surface area contributed by atoms with E-state index in [1.54, 1.807) is 0 Å². The molecule has 3 aromatic rings. The smallest absolute Gasteiger partial charge is 0.0134 e. The van der Waals surface area contributed by atoms with E-state index < -0.39 is 7.92 Å². The highest BCUT2D eigenvalue weighted by atomic mass is 31.1. The largest absolute Gasteiger partial charge is 0.0648 e. The highest BCUT2D eigenvalue weighted by Gasteiger charge is 2.19. The maximum atomic E-state index is 2.43. The lowest BCUT2D eigenvalue weighted by atomic mass is 9.90. The zero-order chi connectivity index (χ0) is 17.8. The monoisotopic (exact) mass is 346 g/mol. The maximum absolute atomic E-state index is 2.43. The third kappa shape index (κ3) is 3.86. The van der Waals surface area contributed by atoms with E-state index in [-0.39, 0.29) is 0 Å². The second-order valence-corrected chi connectivity index (χ2v) is 9.03. The molecule has 0 fully saturated rings. The molecule has 1 unspecified atom stereocenters. The van der Waals surface area contributed by atoms with Crippen LogP contribution in [0.5, 0.6) is 0 Å². The van der Waals surface area contributed by atoms with Gasteiger partial charge in [0.2, 0.25) is 0 Å². The van der Waals surface area contributed by atoms with Crippen LogP contribution in [0.4, 0.5) is 0 Å². The Morgan fingerprint density at radius 2 is 1.16 bits per heavy atom. The van der Waals surface area contributed by atoms with Crippen molar-refractivity contribution in [2.45, 2.75) is 40.0 Å². The van der Waals surface area contributed by atoms with Gasteiger partial charge in [-0.25, -0.2) is 0 Å². The summed E-state index contributed by atoms with van der Waals surface area (Å²) in [5.41, 5.74) is 4.40. The zero-order valence-corrected chi connectivity index (χ0v) is 16.6. The van der Waals surface area contributed by atoms with Crippen LogP contribution in [0.15, 0.2) is 72.8 Å². The van der Waals surface area contributed by atoms with Gasteiger partial charge in [0, 0.05) is 0 Å². The van der Waals surface area contributed by atoms with Crippen molar-refractivity contribution in [1.29, 1.82) is 0 Å². The van der Waals surface area contributed by atoms with Gasteiger partial charge >= 0.3 is 0 Å². The van der Waals surface area contributed by atoms with E-state index in [2.05, 4.69) is 100 Å². The highest BCUT2D eigenvalue weighted by Crippen LogP contribution is 2.35. The van der Waals surface area contributed by atoms with Crippen molar-refractivity contribution < 1.29 is 0 Å². The van der Waals surface area contributed by atoms with E-state index in [0.29, 0.717) is 5.92 Å². The average molecular weight is 346 g/mol. The molecule has 0 nitrogen and oxygen atoms in total. The quantitative estimate of drug-likeness (QED) is 0.529. The van der Waals surface area contributed by atoms with Crippen molar-refractivity contribution in [3.05, 3.63) is 89.5 Å². The summed E-state index contributed by atoms with van der Waals surface area (Å²) >= 11 is 0. The molecule has 0 saturated heterocycles. The van der Waals surface area contributed by atoms with Gasteiger partial charge in [-0.1, -0.05) is 86.6 Å². The molecule has 25 heavy (non-hydrogen) atoms. The molecule has 0 aliphatic heterocycles. The summed E-state index contributed by atoms with van der Waals surface area (Å²) in [7, 11) is -0.514. The fourth-order valence-corrected chi connectivity index (χ4v) is 6.14. The molecule has 0 radical (unpaired) electrons. The normalized spacial score (nSPS) is 12.4. The fourth-order valence-electron chi connectivity index (χ4n) is 3.66. The lowest BCUT2D eigenvalue weighted by molar-refractivity contribution is 0.723. The lowest BCUT2D eigenvalue weighted by Crippen LogP contribution is -2.21. The Morgan fingerprint density at radius 1 is 0.720 bits per heavy atom. The van der Waals surface area contributed by atoms with Crippen LogP contribution in [-0.4, -0.2) is 0 Å². The summed E-state index contributed by atoms with van der Waals surface area (Å²) in [6.45, 7) is 9.17. The first kappa shape index (κ1) is 17.9. The molecule has 0 saturated carbocycles. The molecule has 3 rings (SSSR count). The molecular weight excluding hydrogens is 319 g/mol. The summed E-state index contributed by atoms with van der Waals surface area (Å²) < 4.78 is 0. The van der Waals surface area contributed by atoms with E-state index in [0.717, 1.165) is 0 Å². The molecular formula is C24H27P. The molecule has 0 N–H and O–H groups in total. The minimum absolute atomic E-state index is 0.514. The minimum atomic E-state index is -0.514. The average Bonchev–Trinajstić information content (AvgIpc) is 2.63. The van der Waals surface area contributed by atoms with Gasteiger partial charge in [0.25, 0.3) is 0 Å². The van der Waals surface area contributed by atoms with Gasteiger partial charge in [0.1, 0.15) is 0 Å². The van der Waals surface area contributed by atoms with E-state index in [9.17, 15) is 0 Å². The Labute approximate surface area is 153 Å².